The summed E-state index contributed by atoms with van der Waals surface area (Å²) < 4.78 is 0. The van der Waals surface area contributed by atoms with Crippen LogP contribution in [0.1, 0.15) is 30.5 Å². The molecule has 0 bridgehead atoms. The summed E-state index contributed by atoms with van der Waals surface area (Å²) in [4.78, 5) is 16.0. The van der Waals surface area contributed by atoms with Gasteiger partial charge in [0, 0.05) is 12.6 Å². The Labute approximate surface area is 132 Å². The molecule has 1 aromatic heterocycles. The van der Waals surface area contributed by atoms with Gasteiger partial charge in [-0.25, -0.2) is 0 Å². The maximum absolute atomic E-state index is 11.7. The minimum absolute atomic E-state index is 0. The van der Waals surface area contributed by atoms with Crippen molar-refractivity contribution in [3.63, 3.8) is 0 Å². The molecule has 1 aliphatic heterocycles. The Morgan fingerprint density at radius 2 is 2.30 bits per heavy atom. The highest BCUT2D eigenvalue weighted by Crippen LogP contribution is 2.14. The molecule has 0 radical (unpaired) electrons. The molecular weight excluding hydrogens is 297 g/mol. The number of nitrogens with zero attached hydrogens (tertiary/aromatic N) is 1. The number of aromatic nitrogens is 1. The third-order valence-corrected chi connectivity index (χ3v) is 3.51. The SMILES string of the molecule is Cc1cccnc1CNC(=O)CCC1CCNC1.Cl.Cl. The summed E-state index contributed by atoms with van der Waals surface area (Å²) in [6, 6.07) is 3.92. The van der Waals surface area contributed by atoms with Gasteiger partial charge >= 0.3 is 0 Å². The molecule has 0 spiro atoms. The van der Waals surface area contributed by atoms with Crippen LogP contribution in [-0.2, 0) is 11.3 Å². The van der Waals surface area contributed by atoms with Gasteiger partial charge in [-0.05, 0) is 50.4 Å². The summed E-state index contributed by atoms with van der Waals surface area (Å²) in [7, 11) is 0. The number of pyridine rings is 1. The molecule has 0 aliphatic carbocycles. The summed E-state index contributed by atoms with van der Waals surface area (Å²) in [5.74, 6) is 0.805. The molecule has 0 saturated carbocycles. The molecule has 1 aromatic rings. The quantitative estimate of drug-likeness (QED) is 0.875. The van der Waals surface area contributed by atoms with Gasteiger partial charge in [0.05, 0.1) is 12.2 Å². The van der Waals surface area contributed by atoms with Crippen molar-refractivity contribution < 1.29 is 4.79 Å². The number of nitrogens with one attached hydrogen (secondary N) is 2. The first-order valence-corrected chi connectivity index (χ1v) is 6.63. The lowest BCUT2D eigenvalue weighted by atomic mass is 10.0. The molecule has 1 atom stereocenters. The van der Waals surface area contributed by atoms with Crippen LogP contribution in [0.3, 0.4) is 0 Å². The summed E-state index contributed by atoms with van der Waals surface area (Å²) in [5.41, 5.74) is 2.08. The van der Waals surface area contributed by atoms with E-state index in [4.69, 9.17) is 0 Å². The minimum atomic E-state index is 0. The molecule has 1 saturated heterocycles. The molecule has 114 valence electrons. The molecule has 6 heteroatoms. The Bertz CT molecular complexity index is 409. The van der Waals surface area contributed by atoms with Crippen molar-refractivity contribution in [3.8, 4) is 0 Å². The summed E-state index contributed by atoms with van der Waals surface area (Å²) >= 11 is 0. The van der Waals surface area contributed by atoms with Gasteiger partial charge in [-0.2, -0.15) is 0 Å². The molecule has 4 nitrogen and oxygen atoms in total. The first kappa shape index (κ1) is 19.2. The molecule has 20 heavy (non-hydrogen) atoms. The van der Waals surface area contributed by atoms with Gasteiger partial charge in [-0.3, -0.25) is 9.78 Å². The highest BCUT2D eigenvalue weighted by Gasteiger charge is 2.15. The van der Waals surface area contributed by atoms with E-state index < -0.39 is 0 Å². The van der Waals surface area contributed by atoms with Crippen molar-refractivity contribution in [2.75, 3.05) is 13.1 Å². The topological polar surface area (TPSA) is 54.0 Å². The maximum Gasteiger partial charge on any atom is 0.220 e. The monoisotopic (exact) mass is 319 g/mol. The van der Waals surface area contributed by atoms with Gasteiger partial charge in [0.1, 0.15) is 0 Å². The lowest BCUT2D eigenvalue weighted by Gasteiger charge is -2.09. The summed E-state index contributed by atoms with van der Waals surface area (Å²) in [6.07, 6.45) is 4.57. The second-order valence-corrected chi connectivity index (χ2v) is 4.94. The van der Waals surface area contributed by atoms with E-state index >= 15 is 0 Å². The van der Waals surface area contributed by atoms with Crippen LogP contribution >= 0.6 is 24.8 Å². The van der Waals surface area contributed by atoms with Crippen LogP contribution in [0.2, 0.25) is 0 Å². The van der Waals surface area contributed by atoms with Crippen LogP contribution in [-0.4, -0.2) is 24.0 Å². The molecule has 2 N–H and O–H groups in total. The van der Waals surface area contributed by atoms with Crippen molar-refractivity contribution >= 4 is 30.7 Å². The predicted octanol–water partition coefficient (Wildman–Crippen LogP) is 2.24. The van der Waals surface area contributed by atoms with Gasteiger partial charge in [-0.1, -0.05) is 6.07 Å². The van der Waals surface area contributed by atoms with E-state index in [1.54, 1.807) is 6.20 Å². The molecule has 1 amide bonds. The zero-order valence-corrected chi connectivity index (χ0v) is 13.4. The van der Waals surface area contributed by atoms with E-state index in [0.717, 1.165) is 30.8 Å². The van der Waals surface area contributed by atoms with Crippen molar-refractivity contribution in [2.24, 2.45) is 5.92 Å². The lowest BCUT2D eigenvalue weighted by molar-refractivity contribution is -0.121. The lowest BCUT2D eigenvalue weighted by Crippen LogP contribution is -2.24. The average Bonchev–Trinajstić information content (AvgIpc) is 2.88. The van der Waals surface area contributed by atoms with Crippen LogP contribution in [0.5, 0.6) is 0 Å². The van der Waals surface area contributed by atoms with Gasteiger partial charge < -0.3 is 10.6 Å². The Balaban J connectivity index is 0.00000180. The fourth-order valence-corrected chi connectivity index (χ4v) is 2.27. The van der Waals surface area contributed by atoms with Gasteiger partial charge in [-0.15, -0.1) is 24.8 Å². The van der Waals surface area contributed by atoms with Crippen LogP contribution in [0.15, 0.2) is 18.3 Å². The maximum atomic E-state index is 11.7. The summed E-state index contributed by atoms with van der Waals surface area (Å²) in [6.45, 7) is 4.71. The van der Waals surface area contributed by atoms with Gasteiger partial charge in [0.2, 0.25) is 5.91 Å². The third kappa shape index (κ3) is 6.07. The number of amides is 1. The Morgan fingerprint density at radius 3 is 2.95 bits per heavy atom. The molecular formula is C14H23Cl2N3O. The molecule has 1 unspecified atom stereocenters. The first-order valence-electron chi connectivity index (χ1n) is 6.63. The summed E-state index contributed by atoms with van der Waals surface area (Å²) in [5, 5.41) is 6.26. The van der Waals surface area contributed by atoms with Crippen LogP contribution in [0.25, 0.3) is 0 Å². The predicted molar refractivity (Wildman–Crippen MR) is 85.5 cm³/mol. The smallest absolute Gasteiger partial charge is 0.220 e. The van der Waals surface area contributed by atoms with E-state index in [2.05, 4.69) is 15.6 Å². The highest BCUT2D eigenvalue weighted by atomic mass is 35.5. The molecule has 2 heterocycles. The number of hydrogen-bond donors (Lipinski definition) is 2. The normalized spacial score (nSPS) is 16.9. The Kier molecular flexibility index (Phi) is 9.55. The van der Waals surface area contributed by atoms with Crippen molar-refractivity contribution in [2.45, 2.75) is 32.7 Å². The zero-order valence-electron chi connectivity index (χ0n) is 11.7. The third-order valence-electron chi connectivity index (χ3n) is 3.51. The fourth-order valence-electron chi connectivity index (χ4n) is 2.27. The van der Waals surface area contributed by atoms with Crippen molar-refractivity contribution in [3.05, 3.63) is 29.6 Å². The number of rotatable bonds is 5. The Morgan fingerprint density at radius 1 is 1.50 bits per heavy atom. The average molecular weight is 320 g/mol. The van der Waals surface area contributed by atoms with Gasteiger partial charge in [0.15, 0.2) is 0 Å². The minimum Gasteiger partial charge on any atom is -0.350 e. The van der Waals surface area contributed by atoms with Crippen molar-refractivity contribution in [1.29, 1.82) is 0 Å². The second-order valence-electron chi connectivity index (χ2n) is 4.94. The number of aryl methyl sites for hydroxylation is 1. The number of hydrogen-bond acceptors (Lipinski definition) is 3. The van der Waals surface area contributed by atoms with Crippen molar-refractivity contribution in [1.82, 2.24) is 15.6 Å². The molecule has 1 fully saturated rings. The van der Waals surface area contributed by atoms with E-state index in [1.807, 2.05) is 19.1 Å². The van der Waals surface area contributed by atoms with Crippen LogP contribution in [0.4, 0.5) is 0 Å². The molecule has 2 rings (SSSR count). The van der Waals surface area contributed by atoms with Gasteiger partial charge in [0.25, 0.3) is 0 Å². The fraction of sp³-hybridized carbons (Fsp3) is 0.571. The van der Waals surface area contributed by atoms with Crippen LogP contribution < -0.4 is 10.6 Å². The first-order chi connectivity index (χ1) is 8.75. The molecule has 1 aliphatic rings. The molecule has 0 aromatic carbocycles. The number of carbonyl (C=O) groups is 1. The van der Waals surface area contributed by atoms with E-state index in [1.165, 1.54) is 6.42 Å². The number of halogens is 2. The second kappa shape index (κ2) is 9.97. The van der Waals surface area contributed by atoms with E-state index in [0.29, 0.717) is 18.9 Å². The Hall–Kier alpha value is -0.840. The van der Waals surface area contributed by atoms with E-state index in [9.17, 15) is 4.79 Å². The standard InChI is InChI=1S/C14H21N3O.2ClH/c1-11-3-2-7-16-13(11)10-17-14(18)5-4-12-6-8-15-9-12;;/h2-3,7,12,15H,4-6,8-10H2,1H3,(H,17,18);2*1H. The highest BCUT2D eigenvalue weighted by molar-refractivity contribution is 5.85. The zero-order chi connectivity index (χ0) is 12.8. The van der Waals surface area contributed by atoms with E-state index in [-0.39, 0.29) is 30.7 Å². The van der Waals surface area contributed by atoms with Crippen LogP contribution in [0, 0.1) is 12.8 Å². The largest absolute Gasteiger partial charge is 0.350 e. The number of carbonyl (C=O) groups excluding carboxylic acids is 1.